The van der Waals surface area contributed by atoms with E-state index >= 15 is 0 Å². The maximum atomic E-state index is 11.3. The summed E-state index contributed by atoms with van der Waals surface area (Å²) >= 11 is 3.43. The molecule has 0 aromatic heterocycles. The van der Waals surface area contributed by atoms with E-state index in [1.54, 1.807) is 12.1 Å². The van der Waals surface area contributed by atoms with Gasteiger partial charge in [0.05, 0.1) is 11.3 Å². The molecule has 1 atom stereocenters. The van der Waals surface area contributed by atoms with Crippen molar-refractivity contribution in [2.24, 2.45) is 11.3 Å². The van der Waals surface area contributed by atoms with Gasteiger partial charge in [-0.05, 0) is 36.0 Å². The molecule has 3 nitrogen and oxygen atoms in total. The monoisotopic (exact) mass is 325 g/mol. The third-order valence-electron chi connectivity index (χ3n) is 3.94. The van der Waals surface area contributed by atoms with Crippen LogP contribution >= 0.6 is 15.9 Å². The van der Waals surface area contributed by atoms with Crippen LogP contribution in [0.15, 0.2) is 22.7 Å². The number of rotatable bonds is 2. The zero-order valence-corrected chi connectivity index (χ0v) is 13.2. The van der Waals surface area contributed by atoms with E-state index in [0.717, 1.165) is 29.7 Å². The summed E-state index contributed by atoms with van der Waals surface area (Å²) in [6, 6.07) is 5.37. The molecular formula is C15H20BrNO2. The number of nitrogens with zero attached hydrogens (tertiary/aromatic N) is 1. The van der Waals surface area contributed by atoms with Crippen molar-refractivity contribution in [1.29, 1.82) is 0 Å². The Kier molecular flexibility index (Phi) is 3.90. The predicted molar refractivity (Wildman–Crippen MR) is 80.9 cm³/mol. The van der Waals surface area contributed by atoms with E-state index in [1.165, 1.54) is 0 Å². The zero-order valence-electron chi connectivity index (χ0n) is 11.6. The Morgan fingerprint density at radius 1 is 1.42 bits per heavy atom. The van der Waals surface area contributed by atoms with Crippen LogP contribution in [0.4, 0.5) is 5.69 Å². The molecule has 1 aliphatic heterocycles. The van der Waals surface area contributed by atoms with Crippen molar-refractivity contribution < 1.29 is 9.90 Å². The zero-order chi connectivity index (χ0) is 14.2. The predicted octanol–water partition coefficient (Wildman–Crippen LogP) is 4.02. The highest BCUT2D eigenvalue weighted by Crippen LogP contribution is 2.37. The Morgan fingerprint density at radius 3 is 2.63 bits per heavy atom. The van der Waals surface area contributed by atoms with Crippen molar-refractivity contribution in [3.8, 4) is 0 Å². The molecule has 1 saturated heterocycles. The summed E-state index contributed by atoms with van der Waals surface area (Å²) in [4.78, 5) is 13.5. The van der Waals surface area contributed by atoms with Gasteiger partial charge in [0, 0.05) is 17.6 Å². The summed E-state index contributed by atoms with van der Waals surface area (Å²) in [5, 5.41) is 9.30. The summed E-state index contributed by atoms with van der Waals surface area (Å²) in [5.74, 6) is -0.255. The highest BCUT2D eigenvalue weighted by atomic mass is 79.9. The minimum Gasteiger partial charge on any atom is -0.478 e. The molecule has 0 bridgehead atoms. The van der Waals surface area contributed by atoms with Gasteiger partial charge in [-0.25, -0.2) is 4.79 Å². The minimum absolute atomic E-state index is 0.268. The van der Waals surface area contributed by atoms with Gasteiger partial charge in [0.15, 0.2) is 0 Å². The lowest BCUT2D eigenvalue weighted by atomic mass is 9.80. The van der Waals surface area contributed by atoms with E-state index < -0.39 is 5.97 Å². The fourth-order valence-corrected chi connectivity index (χ4v) is 2.98. The second-order valence-corrected chi connectivity index (χ2v) is 7.18. The first-order valence-electron chi connectivity index (χ1n) is 6.57. The number of anilines is 1. The van der Waals surface area contributed by atoms with Gasteiger partial charge in [-0.15, -0.1) is 0 Å². The third-order valence-corrected chi connectivity index (χ3v) is 4.44. The van der Waals surface area contributed by atoms with E-state index in [0.29, 0.717) is 11.5 Å². The van der Waals surface area contributed by atoms with E-state index in [2.05, 4.69) is 41.6 Å². The van der Waals surface area contributed by atoms with Crippen LogP contribution in [-0.4, -0.2) is 24.2 Å². The average Bonchev–Trinajstić information content (AvgIpc) is 2.77. The molecule has 1 aliphatic rings. The van der Waals surface area contributed by atoms with Gasteiger partial charge < -0.3 is 10.0 Å². The Morgan fingerprint density at radius 2 is 2.11 bits per heavy atom. The molecule has 1 aromatic carbocycles. The topological polar surface area (TPSA) is 40.5 Å². The summed E-state index contributed by atoms with van der Waals surface area (Å²) in [5.41, 5.74) is 1.48. The molecule has 1 fully saturated rings. The van der Waals surface area contributed by atoms with Crippen LogP contribution in [0.1, 0.15) is 37.6 Å². The molecule has 4 heteroatoms. The molecule has 1 unspecified atom stereocenters. The summed E-state index contributed by atoms with van der Waals surface area (Å²) in [7, 11) is 0. The molecule has 1 heterocycles. The fourth-order valence-electron chi connectivity index (χ4n) is 2.63. The number of carboxylic acids is 1. The van der Waals surface area contributed by atoms with Gasteiger partial charge in [0.1, 0.15) is 0 Å². The normalized spacial score (nSPS) is 19.8. The van der Waals surface area contributed by atoms with Crippen molar-refractivity contribution in [3.63, 3.8) is 0 Å². The molecule has 1 N–H and O–H groups in total. The number of hydrogen-bond acceptors (Lipinski definition) is 2. The molecule has 2 rings (SSSR count). The molecular weight excluding hydrogens is 306 g/mol. The average molecular weight is 326 g/mol. The van der Waals surface area contributed by atoms with Crippen LogP contribution in [0.5, 0.6) is 0 Å². The summed E-state index contributed by atoms with van der Waals surface area (Å²) < 4.78 is 0.923. The van der Waals surface area contributed by atoms with Crippen molar-refractivity contribution in [2.45, 2.75) is 27.2 Å². The highest BCUT2D eigenvalue weighted by molar-refractivity contribution is 9.10. The lowest BCUT2D eigenvalue weighted by molar-refractivity contribution is 0.0697. The molecule has 19 heavy (non-hydrogen) atoms. The van der Waals surface area contributed by atoms with Crippen LogP contribution in [0.2, 0.25) is 0 Å². The van der Waals surface area contributed by atoms with E-state index in [1.807, 2.05) is 6.07 Å². The number of carbonyl (C=O) groups is 1. The van der Waals surface area contributed by atoms with Crippen LogP contribution < -0.4 is 4.90 Å². The summed E-state index contributed by atoms with van der Waals surface area (Å²) in [6.07, 6.45) is 1.12. The van der Waals surface area contributed by atoms with Crippen LogP contribution in [0, 0.1) is 11.3 Å². The number of hydrogen-bond donors (Lipinski definition) is 1. The number of carboxylic acid groups (broad SMARTS) is 1. The van der Waals surface area contributed by atoms with Gasteiger partial charge >= 0.3 is 5.97 Å². The first-order valence-corrected chi connectivity index (χ1v) is 7.36. The molecule has 104 valence electrons. The molecule has 0 radical (unpaired) electrons. The van der Waals surface area contributed by atoms with Crippen molar-refractivity contribution >= 4 is 27.6 Å². The SMILES string of the molecule is CC(C)(C)C1CCN(c2cc(Br)ccc2C(=O)O)C1. The lowest BCUT2D eigenvalue weighted by Crippen LogP contribution is -2.26. The quantitative estimate of drug-likeness (QED) is 0.892. The first-order chi connectivity index (χ1) is 8.79. The number of aromatic carboxylic acids is 1. The van der Waals surface area contributed by atoms with Crippen molar-refractivity contribution in [1.82, 2.24) is 0 Å². The maximum absolute atomic E-state index is 11.3. The molecule has 0 amide bonds. The Labute approximate surface area is 122 Å². The van der Waals surface area contributed by atoms with E-state index in [-0.39, 0.29) is 5.41 Å². The highest BCUT2D eigenvalue weighted by Gasteiger charge is 2.33. The van der Waals surface area contributed by atoms with Gasteiger partial charge in [-0.2, -0.15) is 0 Å². The van der Waals surface area contributed by atoms with Gasteiger partial charge in [-0.3, -0.25) is 0 Å². The standard InChI is InChI=1S/C15H20BrNO2/c1-15(2,3)10-6-7-17(9-10)13-8-11(16)4-5-12(13)14(18)19/h4-5,8,10H,6-7,9H2,1-3H3,(H,18,19). The minimum atomic E-state index is -0.860. The number of benzene rings is 1. The Hall–Kier alpha value is -1.03. The van der Waals surface area contributed by atoms with Gasteiger partial charge in [0.25, 0.3) is 0 Å². The largest absolute Gasteiger partial charge is 0.478 e. The maximum Gasteiger partial charge on any atom is 0.337 e. The molecule has 1 aromatic rings. The van der Waals surface area contributed by atoms with E-state index in [9.17, 15) is 9.90 Å². The first kappa shape index (κ1) is 14.4. The smallest absolute Gasteiger partial charge is 0.337 e. The van der Waals surface area contributed by atoms with Crippen LogP contribution in [0.3, 0.4) is 0 Å². The Bertz CT molecular complexity index is 493. The van der Waals surface area contributed by atoms with Gasteiger partial charge in [-0.1, -0.05) is 36.7 Å². The molecule has 0 spiro atoms. The van der Waals surface area contributed by atoms with E-state index in [4.69, 9.17) is 0 Å². The third kappa shape index (κ3) is 3.11. The lowest BCUT2D eigenvalue weighted by Gasteiger charge is -2.28. The van der Waals surface area contributed by atoms with Gasteiger partial charge in [0.2, 0.25) is 0 Å². The molecule has 0 aliphatic carbocycles. The Balaban J connectivity index is 2.28. The van der Waals surface area contributed by atoms with Crippen LogP contribution in [0.25, 0.3) is 0 Å². The fraction of sp³-hybridized carbons (Fsp3) is 0.533. The van der Waals surface area contributed by atoms with Crippen LogP contribution in [-0.2, 0) is 0 Å². The van der Waals surface area contributed by atoms with Crippen molar-refractivity contribution in [2.75, 3.05) is 18.0 Å². The second kappa shape index (κ2) is 5.16. The molecule has 0 saturated carbocycles. The summed E-state index contributed by atoms with van der Waals surface area (Å²) in [6.45, 7) is 8.61. The van der Waals surface area contributed by atoms with Crippen molar-refractivity contribution in [3.05, 3.63) is 28.2 Å². The second-order valence-electron chi connectivity index (χ2n) is 6.26. The number of halogens is 1.